The number of hydrogen-bond donors (Lipinski definition) is 1. The molecule has 0 spiro atoms. The van der Waals surface area contributed by atoms with Crippen LogP contribution in [0.25, 0.3) is 0 Å². The van der Waals surface area contributed by atoms with Crippen LogP contribution in [-0.2, 0) is 11.2 Å². The van der Waals surface area contributed by atoms with E-state index in [2.05, 4.69) is 9.68 Å². The monoisotopic (exact) mass is 196 g/mol. The van der Waals surface area contributed by atoms with E-state index < -0.39 is 5.91 Å². The Kier molecular flexibility index (Phi) is 3.84. The minimum absolute atomic E-state index is 0.191. The molecule has 0 bridgehead atoms. The van der Waals surface area contributed by atoms with E-state index in [1.165, 1.54) is 6.26 Å². The predicted molar refractivity (Wildman–Crippen MR) is 48.6 cm³/mol. The lowest BCUT2D eigenvalue weighted by molar-refractivity contribution is -0.107. The first-order chi connectivity index (χ1) is 6.75. The first kappa shape index (κ1) is 10.4. The molecular formula is C9H12N2O3. The molecule has 1 aromatic rings. The number of aldehydes is 1. The average Bonchev–Trinajstić information content (AvgIpc) is 2.60. The molecule has 5 nitrogen and oxygen atoms in total. The Bertz CT molecular complexity index is 320. The molecule has 0 saturated heterocycles. The minimum atomic E-state index is -0.580. The van der Waals surface area contributed by atoms with Crippen molar-refractivity contribution in [2.45, 2.75) is 25.7 Å². The zero-order valence-electron chi connectivity index (χ0n) is 7.73. The molecule has 0 unspecified atom stereocenters. The van der Waals surface area contributed by atoms with Gasteiger partial charge in [0.25, 0.3) is 5.91 Å². The van der Waals surface area contributed by atoms with Crippen molar-refractivity contribution in [1.29, 1.82) is 0 Å². The number of nitrogens with zero attached hydrogens (tertiary/aromatic N) is 1. The number of carbonyl (C=O) groups is 2. The average molecular weight is 196 g/mol. The number of carbonyl (C=O) groups excluding carboxylic acids is 2. The van der Waals surface area contributed by atoms with Crippen molar-refractivity contribution in [3.05, 3.63) is 17.5 Å². The molecule has 0 atom stereocenters. The molecule has 14 heavy (non-hydrogen) atoms. The van der Waals surface area contributed by atoms with E-state index in [1.807, 2.05) is 0 Å². The Labute approximate surface area is 81.2 Å². The second kappa shape index (κ2) is 5.16. The molecule has 0 fully saturated rings. The summed E-state index contributed by atoms with van der Waals surface area (Å²) >= 11 is 0. The summed E-state index contributed by atoms with van der Waals surface area (Å²) in [6.07, 6.45) is 5.11. The Morgan fingerprint density at radius 1 is 1.57 bits per heavy atom. The van der Waals surface area contributed by atoms with Gasteiger partial charge in [-0.3, -0.25) is 4.79 Å². The van der Waals surface area contributed by atoms with E-state index in [-0.39, 0.29) is 5.69 Å². The summed E-state index contributed by atoms with van der Waals surface area (Å²) in [5, 5.41) is 3.50. The molecule has 0 aliphatic heterocycles. The maximum absolute atomic E-state index is 10.8. The highest BCUT2D eigenvalue weighted by atomic mass is 16.5. The van der Waals surface area contributed by atoms with Crippen molar-refractivity contribution in [3.8, 4) is 0 Å². The summed E-state index contributed by atoms with van der Waals surface area (Å²) in [6, 6.07) is 0. The van der Waals surface area contributed by atoms with Gasteiger partial charge in [-0.1, -0.05) is 5.16 Å². The predicted octanol–water partition coefficient (Wildman–Crippen LogP) is 0.685. The number of nitrogens with two attached hydrogens (primary N) is 1. The van der Waals surface area contributed by atoms with Gasteiger partial charge in [-0.2, -0.15) is 0 Å². The first-order valence-corrected chi connectivity index (χ1v) is 4.42. The smallest absolute Gasteiger partial charge is 0.271 e. The number of primary amides is 1. The third-order valence-electron chi connectivity index (χ3n) is 1.89. The molecular weight excluding hydrogens is 184 g/mol. The Hall–Kier alpha value is -1.65. The molecule has 0 aliphatic carbocycles. The zero-order chi connectivity index (χ0) is 10.4. The molecule has 76 valence electrons. The fraction of sp³-hybridized carbons (Fsp3) is 0.444. The largest absolute Gasteiger partial charge is 0.364 e. The number of aryl methyl sites for hydroxylation is 1. The van der Waals surface area contributed by atoms with Crippen LogP contribution in [-0.4, -0.2) is 17.4 Å². The maximum atomic E-state index is 10.8. The number of rotatable bonds is 6. The van der Waals surface area contributed by atoms with Gasteiger partial charge in [-0.15, -0.1) is 0 Å². The van der Waals surface area contributed by atoms with Gasteiger partial charge >= 0.3 is 0 Å². The van der Waals surface area contributed by atoms with Crippen molar-refractivity contribution >= 4 is 12.2 Å². The molecule has 1 rings (SSSR count). The summed E-state index contributed by atoms with van der Waals surface area (Å²) < 4.78 is 4.64. The van der Waals surface area contributed by atoms with Gasteiger partial charge in [-0.25, -0.2) is 0 Å². The van der Waals surface area contributed by atoms with Crippen molar-refractivity contribution < 1.29 is 14.1 Å². The second-order valence-corrected chi connectivity index (χ2v) is 2.97. The summed E-state index contributed by atoms with van der Waals surface area (Å²) in [7, 11) is 0. The Balaban J connectivity index is 2.45. The fourth-order valence-corrected chi connectivity index (χ4v) is 1.18. The lowest BCUT2D eigenvalue weighted by atomic mass is 10.1. The molecule has 0 radical (unpaired) electrons. The summed E-state index contributed by atoms with van der Waals surface area (Å²) in [5.41, 5.74) is 5.97. The molecule has 1 aromatic heterocycles. The zero-order valence-corrected chi connectivity index (χ0v) is 7.73. The van der Waals surface area contributed by atoms with Crippen LogP contribution in [0.1, 0.15) is 35.3 Å². The van der Waals surface area contributed by atoms with E-state index in [4.69, 9.17) is 5.73 Å². The van der Waals surface area contributed by atoms with Crippen molar-refractivity contribution in [3.63, 3.8) is 0 Å². The number of amides is 1. The summed E-state index contributed by atoms with van der Waals surface area (Å²) in [6.45, 7) is 0. The molecule has 5 heteroatoms. The van der Waals surface area contributed by atoms with E-state index in [0.29, 0.717) is 18.4 Å². The number of aromatic nitrogens is 1. The van der Waals surface area contributed by atoms with E-state index in [9.17, 15) is 9.59 Å². The van der Waals surface area contributed by atoms with E-state index in [0.717, 1.165) is 19.1 Å². The highest BCUT2D eigenvalue weighted by Gasteiger charge is 2.12. The summed E-state index contributed by atoms with van der Waals surface area (Å²) in [4.78, 5) is 20.9. The number of unbranched alkanes of at least 4 members (excludes halogenated alkanes) is 2. The van der Waals surface area contributed by atoms with Gasteiger partial charge in [0.15, 0.2) is 5.69 Å². The third kappa shape index (κ3) is 2.69. The summed E-state index contributed by atoms with van der Waals surface area (Å²) in [5.74, 6) is -0.580. The topological polar surface area (TPSA) is 86.2 Å². The van der Waals surface area contributed by atoms with E-state index >= 15 is 0 Å². The van der Waals surface area contributed by atoms with E-state index in [1.54, 1.807) is 0 Å². The molecule has 1 heterocycles. The molecule has 0 aliphatic rings. The van der Waals surface area contributed by atoms with Gasteiger partial charge in [0.2, 0.25) is 0 Å². The number of hydrogen-bond acceptors (Lipinski definition) is 4. The van der Waals surface area contributed by atoms with Crippen LogP contribution in [0.2, 0.25) is 0 Å². The van der Waals surface area contributed by atoms with Crippen LogP contribution in [0.4, 0.5) is 0 Å². The van der Waals surface area contributed by atoms with Crippen molar-refractivity contribution in [1.82, 2.24) is 5.16 Å². The van der Waals surface area contributed by atoms with Crippen LogP contribution >= 0.6 is 0 Å². The van der Waals surface area contributed by atoms with Gasteiger partial charge in [0.1, 0.15) is 12.5 Å². The lowest BCUT2D eigenvalue weighted by Crippen LogP contribution is -2.13. The molecule has 1 amide bonds. The highest BCUT2D eigenvalue weighted by molar-refractivity contribution is 5.91. The third-order valence-corrected chi connectivity index (χ3v) is 1.89. The van der Waals surface area contributed by atoms with Crippen LogP contribution < -0.4 is 5.73 Å². The molecule has 0 saturated carbocycles. The Morgan fingerprint density at radius 3 is 3.00 bits per heavy atom. The van der Waals surface area contributed by atoms with Gasteiger partial charge in [-0.05, 0) is 19.3 Å². The van der Waals surface area contributed by atoms with Crippen LogP contribution in [0, 0.1) is 0 Å². The quantitative estimate of drug-likeness (QED) is 0.535. The Morgan fingerprint density at radius 2 is 2.36 bits per heavy atom. The highest BCUT2D eigenvalue weighted by Crippen LogP contribution is 2.10. The van der Waals surface area contributed by atoms with Crippen molar-refractivity contribution in [2.75, 3.05) is 0 Å². The van der Waals surface area contributed by atoms with Crippen LogP contribution in [0.15, 0.2) is 10.8 Å². The van der Waals surface area contributed by atoms with Crippen LogP contribution in [0.3, 0.4) is 0 Å². The van der Waals surface area contributed by atoms with Crippen LogP contribution in [0.5, 0.6) is 0 Å². The first-order valence-electron chi connectivity index (χ1n) is 4.42. The fourth-order valence-electron chi connectivity index (χ4n) is 1.18. The second-order valence-electron chi connectivity index (χ2n) is 2.97. The maximum Gasteiger partial charge on any atom is 0.271 e. The SMILES string of the molecule is NC(=O)c1nocc1CCCCC=O. The minimum Gasteiger partial charge on any atom is -0.364 e. The molecule has 2 N–H and O–H groups in total. The standard InChI is InChI=1S/C9H12N2O3/c10-9(13)8-7(6-14-11-8)4-2-1-3-5-12/h5-6H,1-4H2,(H2,10,13). The normalized spacial score (nSPS) is 10.0. The van der Waals surface area contributed by atoms with Gasteiger partial charge in [0, 0.05) is 12.0 Å². The lowest BCUT2D eigenvalue weighted by Gasteiger charge is -1.96. The molecule has 0 aromatic carbocycles. The van der Waals surface area contributed by atoms with Gasteiger partial charge in [0.05, 0.1) is 0 Å². The van der Waals surface area contributed by atoms with Crippen molar-refractivity contribution in [2.24, 2.45) is 5.73 Å². The van der Waals surface area contributed by atoms with Gasteiger partial charge < -0.3 is 15.1 Å².